The van der Waals surface area contributed by atoms with E-state index in [0.717, 1.165) is 0 Å². The molecule has 2 aromatic heterocycles. The predicted molar refractivity (Wildman–Crippen MR) is 105 cm³/mol. The molecule has 1 unspecified atom stereocenters. The number of carboxylic acid groups (broad SMARTS) is 1. The molecule has 1 saturated heterocycles. The number of nitrogens with zero attached hydrogens (tertiary/aromatic N) is 4. The lowest BCUT2D eigenvalue weighted by molar-refractivity contribution is -0.139. The Kier molecular flexibility index (Phi) is 6.91. The maximum atomic E-state index is 12.3. The summed E-state index contributed by atoms with van der Waals surface area (Å²) in [4.78, 5) is 33.2. The van der Waals surface area contributed by atoms with E-state index in [2.05, 4.69) is 20.0 Å². The summed E-state index contributed by atoms with van der Waals surface area (Å²) in [5.41, 5.74) is 6.28. The highest BCUT2D eigenvalue weighted by Crippen LogP contribution is 2.40. The number of aliphatic carboxylic acids is 1. The summed E-state index contributed by atoms with van der Waals surface area (Å²) in [5.74, 6) is -1.22. The second kappa shape index (κ2) is 9.12. The van der Waals surface area contributed by atoms with Gasteiger partial charge in [-0.2, -0.15) is 0 Å². The maximum Gasteiger partial charge on any atom is 0.403 e. The van der Waals surface area contributed by atoms with E-state index in [1.54, 1.807) is 13.8 Å². The Labute approximate surface area is 176 Å². The van der Waals surface area contributed by atoms with Gasteiger partial charge in [-0.25, -0.2) is 24.6 Å². The van der Waals surface area contributed by atoms with E-state index in [9.17, 15) is 29.6 Å². The number of nitrogens with two attached hydrogens (primary N) is 1. The molecule has 7 N–H and O–H groups in total. The van der Waals surface area contributed by atoms with Crippen LogP contribution in [0.1, 0.15) is 26.5 Å². The molecule has 1 aliphatic heterocycles. The fourth-order valence-corrected chi connectivity index (χ4v) is 4.28. The van der Waals surface area contributed by atoms with Gasteiger partial charge in [0.05, 0.1) is 12.9 Å². The molecule has 0 saturated carbocycles. The van der Waals surface area contributed by atoms with Gasteiger partial charge in [-0.05, 0) is 12.3 Å². The lowest BCUT2D eigenvalue weighted by Crippen LogP contribution is -2.37. The standard InChI is InChI=1S/C16H25N6O8P/c1-7(2)3-8(16(25)26)21-31(27,28)29-4-9-11(23)12(24)15(30-9)22-6-20-10-13(17)18-5-19-14(10)22/h5-9,11-12,15,23-24H,3-4H2,1-2H3,(H,25,26)(H2,17,18,19)(H2,21,27,28)/t8-,9+,11+,12+,15+/m0/s1. The van der Waals surface area contributed by atoms with Crippen molar-refractivity contribution in [3.63, 3.8) is 0 Å². The number of nitrogen functional groups attached to an aromatic ring is 1. The average Bonchev–Trinajstić information content (AvgIpc) is 3.22. The summed E-state index contributed by atoms with van der Waals surface area (Å²) in [5, 5.41) is 32.0. The molecule has 6 atom stereocenters. The molecule has 0 aliphatic carbocycles. The minimum atomic E-state index is -4.54. The smallest absolute Gasteiger partial charge is 0.403 e. The molecule has 0 amide bonds. The zero-order chi connectivity index (χ0) is 22.9. The third-order valence-electron chi connectivity index (χ3n) is 4.74. The predicted octanol–water partition coefficient (Wildman–Crippen LogP) is -0.766. The van der Waals surface area contributed by atoms with Crippen LogP contribution in [0.25, 0.3) is 11.2 Å². The van der Waals surface area contributed by atoms with Crippen molar-refractivity contribution in [3.05, 3.63) is 12.7 Å². The first-order valence-electron chi connectivity index (χ1n) is 9.42. The number of hydrogen-bond donors (Lipinski definition) is 6. The fourth-order valence-electron chi connectivity index (χ4n) is 3.24. The molecule has 172 valence electrons. The van der Waals surface area contributed by atoms with Crippen molar-refractivity contribution in [3.8, 4) is 0 Å². The highest BCUT2D eigenvalue weighted by Gasteiger charge is 2.45. The number of aliphatic hydroxyl groups excluding tert-OH is 2. The zero-order valence-corrected chi connectivity index (χ0v) is 17.7. The summed E-state index contributed by atoms with van der Waals surface area (Å²) < 4.78 is 24.2. The zero-order valence-electron chi connectivity index (χ0n) is 16.8. The van der Waals surface area contributed by atoms with Gasteiger partial charge in [-0.1, -0.05) is 13.8 Å². The molecule has 0 bridgehead atoms. The van der Waals surface area contributed by atoms with E-state index in [1.807, 2.05) is 0 Å². The third kappa shape index (κ3) is 5.18. The lowest BCUT2D eigenvalue weighted by atomic mass is 10.1. The molecule has 14 nitrogen and oxygen atoms in total. The number of nitrogens with one attached hydrogen (secondary N) is 1. The number of fused-ring (bicyclic) bond motifs is 1. The van der Waals surface area contributed by atoms with Crippen molar-refractivity contribution in [1.29, 1.82) is 0 Å². The lowest BCUT2D eigenvalue weighted by Gasteiger charge is -2.22. The Morgan fingerprint density at radius 2 is 2.06 bits per heavy atom. The van der Waals surface area contributed by atoms with Gasteiger partial charge in [0.2, 0.25) is 0 Å². The molecule has 0 aromatic carbocycles. The second-order valence-electron chi connectivity index (χ2n) is 7.59. The molecule has 2 aromatic rings. The number of carbonyl (C=O) groups is 1. The quantitative estimate of drug-likeness (QED) is 0.254. The number of aromatic nitrogens is 4. The number of aliphatic hydroxyl groups is 2. The molecule has 0 spiro atoms. The van der Waals surface area contributed by atoms with Crippen molar-refractivity contribution in [2.24, 2.45) is 5.92 Å². The van der Waals surface area contributed by atoms with Crippen LogP contribution in [0.2, 0.25) is 0 Å². The summed E-state index contributed by atoms with van der Waals surface area (Å²) in [6.45, 7) is 2.94. The first kappa shape index (κ1) is 23.5. The van der Waals surface area contributed by atoms with Gasteiger partial charge in [-0.3, -0.25) is 13.9 Å². The normalized spacial score (nSPS) is 26.9. The highest BCUT2D eigenvalue weighted by atomic mass is 31.2. The first-order valence-corrected chi connectivity index (χ1v) is 11.0. The van der Waals surface area contributed by atoms with Gasteiger partial charge >= 0.3 is 13.7 Å². The Morgan fingerprint density at radius 1 is 1.35 bits per heavy atom. The number of ether oxygens (including phenoxy) is 1. The molecular weight excluding hydrogens is 435 g/mol. The van der Waals surface area contributed by atoms with Crippen LogP contribution in [0.5, 0.6) is 0 Å². The average molecular weight is 460 g/mol. The molecule has 1 aliphatic rings. The Bertz CT molecular complexity index is 986. The van der Waals surface area contributed by atoms with Crippen molar-refractivity contribution in [2.75, 3.05) is 12.3 Å². The van der Waals surface area contributed by atoms with E-state index < -0.39 is 50.9 Å². The summed E-state index contributed by atoms with van der Waals surface area (Å²) in [6.07, 6.45) is -2.59. The van der Waals surface area contributed by atoms with Crippen LogP contribution in [0.4, 0.5) is 5.82 Å². The van der Waals surface area contributed by atoms with Crippen molar-refractivity contribution in [1.82, 2.24) is 24.6 Å². The van der Waals surface area contributed by atoms with Crippen molar-refractivity contribution in [2.45, 2.75) is 50.8 Å². The largest absolute Gasteiger partial charge is 0.480 e. The van der Waals surface area contributed by atoms with Crippen molar-refractivity contribution < 1.29 is 38.8 Å². The van der Waals surface area contributed by atoms with Gasteiger partial charge in [-0.15, -0.1) is 0 Å². The molecule has 1 fully saturated rings. The van der Waals surface area contributed by atoms with Gasteiger partial charge in [0, 0.05) is 0 Å². The topological polar surface area (TPSA) is 215 Å². The van der Waals surface area contributed by atoms with Gasteiger partial charge < -0.3 is 30.7 Å². The monoisotopic (exact) mass is 460 g/mol. The Hall–Kier alpha value is -2.19. The molecular formula is C16H25N6O8P. The van der Waals surface area contributed by atoms with Crippen LogP contribution in [0, 0.1) is 5.92 Å². The molecule has 3 heterocycles. The minimum absolute atomic E-state index is 0.0488. The summed E-state index contributed by atoms with van der Waals surface area (Å²) >= 11 is 0. The molecule has 15 heteroatoms. The van der Waals surface area contributed by atoms with Crippen LogP contribution in [0.3, 0.4) is 0 Å². The number of rotatable bonds is 9. The fraction of sp³-hybridized carbons (Fsp3) is 0.625. The van der Waals surface area contributed by atoms with E-state index in [1.165, 1.54) is 17.2 Å². The third-order valence-corrected chi connectivity index (χ3v) is 5.87. The van der Waals surface area contributed by atoms with E-state index in [-0.39, 0.29) is 29.3 Å². The van der Waals surface area contributed by atoms with Crippen LogP contribution < -0.4 is 10.8 Å². The molecule has 31 heavy (non-hydrogen) atoms. The van der Waals surface area contributed by atoms with E-state index in [0.29, 0.717) is 0 Å². The van der Waals surface area contributed by atoms with Crippen LogP contribution >= 0.6 is 7.75 Å². The number of carboxylic acids is 1. The maximum absolute atomic E-state index is 12.3. The first-order chi connectivity index (χ1) is 14.5. The van der Waals surface area contributed by atoms with Crippen molar-refractivity contribution >= 4 is 30.7 Å². The highest BCUT2D eigenvalue weighted by molar-refractivity contribution is 7.50. The molecule has 0 radical (unpaired) electrons. The minimum Gasteiger partial charge on any atom is -0.480 e. The summed E-state index contributed by atoms with van der Waals surface area (Å²) in [6, 6.07) is -1.30. The Morgan fingerprint density at radius 3 is 2.71 bits per heavy atom. The van der Waals surface area contributed by atoms with Crippen LogP contribution in [0.15, 0.2) is 12.7 Å². The van der Waals surface area contributed by atoms with E-state index >= 15 is 0 Å². The van der Waals surface area contributed by atoms with Gasteiger partial charge in [0.1, 0.15) is 36.2 Å². The molecule has 3 rings (SSSR count). The summed E-state index contributed by atoms with van der Waals surface area (Å²) in [7, 11) is -4.54. The van der Waals surface area contributed by atoms with Crippen LogP contribution in [-0.4, -0.2) is 76.7 Å². The number of imidazole rings is 1. The second-order valence-corrected chi connectivity index (χ2v) is 9.15. The SMILES string of the molecule is CC(C)C[C@H](NP(=O)(O)OC[C@H]1O[C@@H](n2cnc3c(N)ncnc32)[C@H](O)[C@@H]1O)C(=O)O. The Balaban J connectivity index is 1.68. The number of anilines is 1. The van der Waals surface area contributed by atoms with Gasteiger partial charge in [0.15, 0.2) is 17.7 Å². The van der Waals surface area contributed by atoms with E-state index in [4.69, 9.17) is 15.0 Å². The van der Waals surface area contributed by atoms with Gasteiger partial charge in [0.25, 0.3) is 0 Å². The van der Waals surface area contributed by atoms with Crippen LogP contribution in [-0.2, 0) is 18.6 Å². The number of hydrogen-bond acceptors (Lipinski definition) is 10.